The number of rotatable bonds is 10. The van der Waals surface area contributed by atoms with E-state index in [0.717, 1.165) is 6.07 Å². The van der Waals surface area contributed by atoms with Crippen LogP contribution in [0.4, 0.5) is 8.78 Å². The molecule has 9 atom stereocenters. The summed E-state index contributed by atoms with van der Waals surface area (Å²) in [4.78, 5) is 18.1. The summed E-state index contributed by atoms with van der Waals surface area (Å²) in [5, 5.41) is 58.9. The number of aromatic hydroxyl groups is 1. The van der Waals surface area contributed by atoms with Gasteiger partial charge in [-0.25, -0.2) is 8.78 Å². The number of aliphatic hydroxyl groups is 4. The maximum Gasteiger partial charge on any atom is 0.247 e. The first kappa shape index (κ1) is 33.7. The van der Waals surface area contributed by atoms with Crippen LogP contribution in [0.5, 0.6) is 11.5 Å². The Morgan fingerprint density at radius 3 is 2.41 bits per heavy atom. The number of nitrogens with one attached hydrogen (secondary N) is 1. The van der Waals surface area contributed by atoms with Gasteiger partial charge in [-0.15, -0.1) is 0 Å². The Morgan fingerprint density at radius 1 is 1.02 bits per heavy atom. The van der Waals surface area contributed by atoms with Crippen molar-refractivity contribution in [2.75, 3.05) is 13.4 Å². The third-order valence-corrected chi connectivity index (χ3v) is 7.99. The van der Waals surface area contributed by atoms with Crippen molar-refractivity contribution in [3.63, 3.8) is 0 Å². The van der Waals surface area contributed by atoms with Gasteiger partial charge in [0, 0.05) is 24.5 Å². The number of carbonyl (C=O) groups is 1. The predicted octanol–water partition coefficient (Wildman–Crippen LogP) is 0.886. The molecule has 1 amide bonds. The molecule has 0 spiro atoms. The van der Waals surface area contributed by atoms with E-state index in [1.165, 1.54) is 37.3 Å². The molecule has 2 aromatic rings. The van der Waals surface area contributed by atoms with E-state index < -0.39 is 72.6 Å². The Bertz CT molecular complexity index is 1450. The molecule has 0 unspecified atom stereocenters. The molecule has 250 valence electrons. The lowest BCUT2D eigenvalue weighted by Crippen LogP contribution is -2.67. The topological polar surface area (TPSA) is 189 Å². The van der Waals surface area contributed by atoms with Gasteiger partial charge in [-0.3, -0.25) is 4.79 Å². The van der Waals surface area contributed by atoms with Crippen molar-refractivity contribution in [2.24, 2.45) is 5.16 Å². The van der Waals surface area contributed by atoms with Gasteiger partial charge in [0.05, 0.1) is 17.9 Å². The van der Waals surface area contributed by atoms with Gasteiger partial charge in [-0.05, 0) is 55.3 Å². The van der Waals surface area contributed by atoms with Crippen molar-refractivity contribution < 1.29 is 62.9 Å². The maximum absolute atomic E-state index is 13.3. The Balaban J connectivity index is 1.13. The smallest absolute Gasteiger partial charge is 0.247 e. The van der Waals surface area contributed by atoms with Crippen LogP contribution in [0, 0.1) is 11.6 Å². The van der Waals surface area contributed by atoms with Crippen molar-refractivity contribution in [3.8, 4) is 11.5 Å². The first-order valence-electron chi connectivity index (χ1n) is 14.6. The van der Waals surface area contributed by atoms with E-state index in [0.29, 0.717) is 16.8 Å². The summed E-state index contributed by atoms with van der Waals surface area (Å²) in [6.45, 7) is 2.97. The number of phenolic OH excluding ortho intramolecular Hbond substituents is 1. The number of halogens is 2. The van der Waals surface area contributed by atoms with Crippen molar-refractivity contribution in [1.82, 2.24) is 5.32 Å². The molecule has 13 nitrogen and oxygen atoms in total. The summed E-state index contributed by atoms with van der Waals surface area (Å²) < 4.78 is 48.7. The van der Waals surface area contributed by atoms with Crippen molar-refractivity contribution >= 4 is 17.7 Å². The fraction of sp³-hybridized carbons (Fsp3) is 0.484. The molecular formula is C31H36F2N2O11. The lowest BCUT2D eigenvalue weighted by atomic mass is 9.83. The number of ether oxygens (including phenoxy) is 4. The molecule has 6 N–H and O–H groups in total. The molecule has 5 rings (SSSR count). The molecule has 0 aromatic heterocycles. The molecule has 2 aromatic carbocycles. The number of fused-ring (bicyclic) bond motifs is 1. The number of hydrogen-bond acceptors (Lipinski definition) is 12. The van der Waals surface area contributed by atoms with Gasteiger partial charge < -0.3 is 54.6 Å². The minimum absolute atomic E-state index is 0.0394. The van der Waals surface area contributed by atoms with E-state index in [1.54, 1.807) is 13.0 Å². The Morgan fingerprint density at radius 2 is 1.72 bits per heavy atom. The van der Waals surface area contributed by atoms with E-state index in [-0.39, 0.29) is 43.3 Å². The van der Waals surface area contributed by atoms with Crippen LogP contribution in [0.3, 0.4) is 0 Å². The molecule has 0 bridgehead atoms. The highest BCUT2D eigenvalue weighted by atomic mass is 19.1. The van der Waals surface area contributed by atoms with Crippen LogP contribution in [0.15, 0.2) is 47.1 Å². The second-order valence-corrected chi connectivity index (χ2v) is 11.4. The standard InChI is InChI=1S/C31H36F2N2O11/c1-14(31(41)34-24-25(38)27(40)30-29(26(24)39)42-13-43-30)7-16-3-4-22(20(36)10-16)45-23-12-21(37)28(46-23)15(2)35-44-6-5-17-8-18(32)11-19(33)9-17/h3-4,7-11,21,23-30,36-40H,5-6,12-13H2,1-2H3,(H,34,41)/b14-7+,35-15-/t21-,23+,24+,25-,26+,27+,28+,29-,30+/m0/s1. The molecule has 1 saturated carbocycles. The summed E-state index contributed by atoms with van der Waals surface area (Å²) >= 11 is 0. The van der Waals surface area contributed by atoms with E-state index in [2.05, 4.69) is 10.5 Å². The highest BCUT2D eigenvalue weighted by Crippen LogP contribution is 2.33. The molecular weight excluding hydrogens is 614 g/mol. The van der Waals surface area contributed by atoms with Crippen LogP contribution in [0.1, 0.15) is 31.4 Å². The minimum Gasteiger partial charge on any atom is -0.504 e. The number of hydrogen-bond donors (Lipinski definition) is 6. The number of nitrogens with zero attached hydrogens (tertiary/aromatic N) is 1. The third-order valence-electron chi connectivity index (χ3n) is 7.99. The zero-order chi connectivity index (χ0) is 33.1. The predicted molar refractivity (Wildman–Crippen MR) is 155 cm³/mol. The summed E-state index contributed by atoms with van der Waals surface area (Å²) in [6.07, 6.45) is -7.04. The second-order valence-electron chi connectivity index (χ2n) is 11.4. The summed E-state index contributed by atoms with van der Waals surface area (Å²) in [5.41, 5.74) is 1.33. The second kappa shape index (κ2) is 14.4. The maximum atomic E-state index is 13.3. The van der Waals surface area contributed by atoms with Crippen molar-refractivity contribution in [2.45, 2.75) is 81.7 Å². The molecule has 0 radical (unpaired) electrons. The lowest BCUT2D eigenvalue weighted by Gasteiger charge is -2.41. The number of oxime groups is 1. The van der Waals surface area contributed by atoms with E-state index in [1.807, 2.05) is 0 Å². The number of amides is 1. The number of carbonyl (C=O) groups excluding carboxylic acids is 1. The monoisotopic (exact) mass is 650 g/mol. The fourth-order valence-electron chi connectivity index (χ4n) is 5.60. The quantitative estimate of drug-likeness (QED) is 0.0928. The van der Waals surface area contributed by atoms with Gasteiger partial charge >= 0.3 is 0 Å². The van der Waals surface area contributed by atoms with Crippen molar-refractivity contribution in [3.05, 3.63) is 64.7 Å². The van der Waals surface area contributed by atoms with Gasteiger partial charge in [0.15, 0.2) is 11.5 Å². The normalized spacial score (nSPS) is 31.4. The van der Waals surface area contributed by atoms with Gasteiger partial charge in [0.25, 0.3) is 0 Å². The molecule has 46 heavy (non-hydrogen) atoms. The summed E-state index contributed by atoms with van der Waals surface area (Å²) in [5.74, 6) is -2.21. The molecule has 1 aliphatic carbocycles. The van der Waals surface area contributed by atoms with Crippen LogP contribution in [-0.2, 0) is 30.3 Å². The number of benzene rings is 2. The molecule has 3 fully saturated rings. The first-order valence-corrected chi connectivity index (χ1v) is 14.6. The molecule has 15 heteroatoms. The number of aliphatic hydroxyl groups excluding tert-OH is 4. The minimum atomic E-state index is -1.49. The van der Waals surface area contributed by atoms with Crippen LogP contribution in [0.25, 0.3) is 6.08 Å². The van der Waals surface area contributed by atoms with Crippen LogP contribution < -0.4 is 10.1 Å². The SMILES string of the molecule is C/C(=N/OCCc1cc(F)cc(F)c1)[C@H]1O[C@@H](Oc2ccc(/C=C(\C)C(=O)N[C@@H]3[C@H](O)[C@@H](O)[C@H]4OCO[C@H]4[C@@H]3O)cc2O)C[C@@H]1O. The summed E-state index contributed by atoms with van der Waals surface area (Å²) in [7, 11) is 0. The number of phenols is 1. The zero-order valence-electron chi connectivity index (χ0n) is 25.0. The van der Waals surface area contributed by atoms with Gasteiger partial charge in [0.2, 0.25) is 12.2 Å². The molecule has 2 aliphatic heterocycles. The Labute approximate surface area is 262 Å². The molecule has 2 heterocycles. The zero-order valence-corrected chi connectivity index (χ0v) is 25.0. The fourth-order valence-corrected chi connectivity index (χ4v) is 5.60. The highest BCUT2D eigenvalue weighted by molar-refractivity contribution is 5.97. The lowest BCUT2D eigenvalue weighted by molar-refractivity contribution is -0.155. The van der Waals surface area contributed by atoms with Crippen LogP contribution >= 0.6 is 0 Å². The van der Waals surface area contributed by atoms with Crippen molar-refractivity contribution in [1.29, 1.82) is 0 Å². The van der Waals surface area contributed by atoms with Gasteiger partial charge in [-0.1, -0.05) is 11.2 Å². The van der Waals surface area contributed by atoms with Gasteiger partial charge in [0.1, 0.15) is 61.7 Å². The Kier molecular flexibility index (Phi) is 10.5. The van der Waals surface area contributed by atoms with E-state index in [4.69, 9.17) is 23.8 Å². The average molecular weight is 651 g/mol. The average Bonchev–Trinajstić information content (AvgIpc) is 3.64. The van der Waals surface area contributed by atoms with E-state index >= 15 is 0 Å². The summed E-state index contributed by atoms with van der Waals surface area (Å²) in [6, 6.07) is 6.34. The third kappa shape index (κ3) is 7.63. The van der Waals surface area contributed by atoms with Gasteiger partial charge in [-0.2, -0.15) is 0 Å². The van der Waals surface area contributed by atoms with E-state index in [9.17, 15) is 39.1 Å². The van der Waals surface area contributed by atoms with Crippen LogP contribution in [0.2, 0.25) is 0 Å². The first-order chi connectivity index (χ1) is 21.9. The highest BCUT2D eigenvalue weighted by Gasteiger charge is 2.53. The Hall–Kier alpha value is -3.70. The molecule has 2 saturated heterocycles. The van der Waals surface area contributed by atoms with Crippen LogP contribution in [-0.4, -0.2) is 106 Å². The largest absolute Gasteiger partial charge is 0.504 e. The molecule has 3 aliphatic rings.